The minimum atomic E-state index is 0.470. The fourth-order valence-corrected chi connectivity index (χ4v) is 3.69. The van der Waals surface area contributed by atoms with Gasteiger partial charge in [-0.25, -0.2) is 0 Å². The van der Waals surface area contributed by atoms with Crippen LogP contribution < -0.4 is 0 Å². The van der Waals surface area contributed by atoms with Crippen LogP contribution in [0, 0.1) is 0 Å². The molecule has 116 valence electrons. The summed E-state index contributed by atoms with van der Waals surface area (Å²) in [7, 11) is 0. The van der Waals surface area contributed by atoms with Gasteiger partial charge in [0, 0.05) is 23.3 Å². The monoisotopic (exact) mass is 378 g/mol. The standard InChI is InChI=1S/C18H20BrClN2/c19-15-6-4-5-14(11-15)18-7-2-1-3-10-22(18)13-17-9-8-16(20)12-21-17/h4-6,8-9,11-12,18H,1-3,7,10,13H2. The molecule has 0 saturated carbocycles. The number of hydrogen-bond acceptors (Lipinski definition) is 2. The molecule has 4 heteroatoms. The minimum Gasteiger partial charge on any atom is -0.291 e. The van der Waals surface area contributed by atoms with Crippen LogP contribution in [-0.4, -0.2) is 16.4 Å². The van der Waals surface area contributed by atoms with Gasteiger partial charge in [-0.15, -0.1) is 0 Å². The first-order chi connectivity index (χ1) is 10.7. The van der Waals surface area contributed by atoms with E-state index in [2.05, 4.69) is 50.1 Å². The number of benzene rings is 1. The SMILES string of the molecule is Clc1ccc(CN2CCCCCC2c2cccc(Br)c2)nc1. The van der Waals surface area contributed by atoms with Crippen molar-refractivity contribution >= 4 is 27.5 Å². The van der Waals surface area contributed by atoms with Gasteiger partial charge in [0.05, 0.1) is 10.7 Å². The highest BCUT2D eigenvalue weighted by Gasteiger charge is 2.23. The lowest BCUT2D eigenvalue weighted by atomic mass is 10.0. The minimum absolute atomic E-state index is 0.470. The molecule has 1 fully saturated rings. The second-order valence-corrected chi connectivity index (χ2v) is 7.21. The summed E-state index contributed by atoms with van der Waals surface area (Å²) in [6.45, 7) is 2.01. The molecule has 0 bridgehead atoms. The van der Waals surface area contributed by atoms with Crippen LogP contribution in [-0.2, 0) is 6.54 Å². The summed E-state index contributed by atoms with van der Waals surface area (Å²) in [4.78, 5) is 7.03. The lowest BCUT2D eigenvalue weighted by Gasteiger charge is -2.30. The first-order valence-corrected chi connectivity index (χ1v) is 8.99. The van der Waals surface area contributed by atoms with Crippen molar-refractivity contribution in [3.05, 3.63) is 63.3 Å². The molecular formula is C18H20BrClN2. The predicted octanol–water partition coefficient (Wildman–Crippen LogP) is 5.61. The summed E-state index contributed by atoms with van der Waals surface area (Å²) in [5.41, 5.74) is 2.48. The maximum Gasteiger partial charge on any atom is 0.0589 e. The Kier molecular flexibility index (Phi) is 5.51. The van der Waals surface area contributed by atoms with Crippen LogP contribution in [0.5, 0.6) is 0 Å². The molecule has 1 aliphatic rings. The van der Waals surface area contributed by atoms with Crippen molar-refractivity contribution < 1.29 is 0 Å². The molecule has 2 nitrogen and oxygen atoms in total. The van der Waals surface area contributed by atoms with Gasteiger partial charge in [-0.1, -0.05) is 52.5 Å². The zero-order valence-corrected chi connectivity index (χ0v) is 14.9. The van der Waals surface area contributed by atoms with Crippen LogP contribution in [0.15, 0.2) is 47.1 Å². The molecule has 1 aromatic heterocycles. The van der Waals surface area contributed by atoms with Gasteiger partial charge in [0.25, 0.3) is 0 Å². The fourth-order valence-electron chi connectivity index (χ4n) is 3.16. The van der Waals surface area contributed by atoms with Crippen molar-refractivity contribution in [2.75, 3.05) is 6.54 Å². The Morgan fingerprint density at radius 2 is 2.09 bits per heavy atom. The summed E-state index contributed by atoms with van der Waals surface area (Å²) in [6, 6.07) is 13.1. The molecule has 2 heterocycles. The fraction of sp³-hybridized carbons (Fsp3) is 0.389. The smallest absolute Gasteiger partial charge is 0.0589 e. The van der Waals surface area contributed by atoms with E-state index in [9.17, 15) is 0 Å². The van der Waals surface area contributed by atoms with E-state index in [0.717, 1.165) is 23.3 Å². The molecule has 1 saturated heterocycles. The van der Waals surface area contributed by atoms with E-state index in [4.69, 9.17) is 11.6 Å². The first-order valence-electron chi connectivity index (χ1n) is 7.82. The summed E-state index contributed by atoms with van der Waals surface area (Å²) < 4.78 is 1.15. The van der Waals surface area contributed by atoms with E-state index in [1.54, 1.807) is 6.20 Å². The number of pyridine rings is 1. The predicted molar refractivity (Wildman–Crippen MR) is 95.0 cm³/mol. The Morgan fingerprint density at radius 3 is 2.86 bits per heavy atom. The third kappa shape index (κ3) is 4.09. The van der Waals surface area contributed by atoms with Gasteiger partial charge < -0.3 is 0 Å². The number of halogens is 2. The largest absolute Gasteiger partial charge is 0.291 e. The second kappa shape index (κ2) is 7.58. The van der Waals surface area contributed by atoms with Gasteiger partial charge in [-0.3, -0.25) is 9.88 Å². The zero-order valence-electron chi connectivity index (χ0n) is 12.5. The Hall–Kier alpha value is -0.900. The topological polar surface area (TPSA) is 16.1 Å². The number of aromatic nitrogens is 1. The molecule has 0 N–H and O–H groups in total. The Morgan fingerprint density at radius 1 is 1.18 bits per heavy atom. The van der Waals surface area contributed by atoms with E-state index in [1.165, 1.54) is 31.2 Å². The molecule has 1 aromatic carbocycles. The highest BCUT2D eigenvalue weighted by atomic mass is 79.9. The van der Waals surface area contributed by atoms with Gasteiger partial charge in [-0.2, -0.15) is 0 Å². The Labute approximate surface area is 145 Å². The van der Waals surface area contributed by atoms with Gasteiger partial charge in [0.1, 0.15) is 0 Å². The number of hydrogen-bond donors (Lipinski definition) is 0. The van der Waals surface area contributed by atoms with Crippen LogP contribution in [0.25, 0.3) is 0 Å². The third-order valence-electron chi connectivity index (χ3n) is 4.25. The van der Waals surface area contributed by atoms with Crippen molar-refractivity contribution in [3.8, 4) is 0 Å². The van der Waals surface area contributed by atoms with Crippen molar-refractivity contribution in [2.45, 2.75) is 38.3 Å². The van der Waals surface area contributed by atoms with Gasteiger partial charge in [0.15, 0.2) is 0 Å². The molecule has 1 unspecified atom stereocenters. The number of likely N-dealkylation sites (tertiary alicyclic amines) is 1. The Balaban J connectivity index is 1.83. The average Bonchev–Trinajstić information content (AvgIpc) is 2.75. The molecule has 0 aliphatic carbocycles. The summed E-state index contributed by atoms with van der Waals surface area (Å²) in [5, 5.41) is 0.697. The quantitative estimate of drug-likeness (QED) is 0.688. The first kappa shape index (κ1) is 16.0. The lowest BCUT2D eigenvalue weighted by Crippen LogP contribution is -2.28. The molecular weight excluding hydrogens is 360 g/mol. The maximum absolute atomic E-state index is 5.94. The lowest BCUT2D eigenvalue weighted by molar-refractivity contribution is 0.190. The van der Waals surface area contributed by atoms with Crippen molar-refractivity contribution in [1.29, 1.82) is 0 Å². The van der Waals surface area contributed by atoms with E-state index in [1.807, 2.05) is 12.1 Å². The summed E-state index contributed by atoms with van der Waals surface area (Å²) in [6.07, 6.45) is 6.82. The van der Waals surface area contributed by atoms with Crippen LogP contribution in [0.1, 0.15) is 43.0 Å². The second-order valence-electron chi connectivity index (χ2n) is 5.86. The summed E-state index contributed by atoms with van der Waals surface area (Å²) >= 11 is 9.54. The van der Waals surface area contributed by atoms with E-state index >= 15 is 0 Å². The van der Waals surface area contributed by atoms with Crippen molar-refractivity contribution in [1.82, 2.24) is 9.88 Å². The Bertz CT molecular complexity index is 615. The molecule has 0 spiro atoms. The van der Waals surface area contributed by atoms with E-state index in [-0.39, 0.29) is 0 Å². The van der Waals surface area contributed by atoms with Gasteiger partial charge in [0.2, 0.25) is 0 Å². The highest BCUT2D eigenvalue weighted by Crippen LogP contribution is 2.32. The van der Waals surface area contributed by atoms with Crippen LogP contribution in [0.3, 0.4) is 0 Å². The molecule has 0 radical (unpaired) electrons. The molecule has 3 rings (SSSR count). The average molecular weight is 380 g/mol. The molecule has 1 aliphatic heterocycles. The molecule has 1 atom stereocenters. The van der Waals surface area contributed by atoms with Gasteiger partial charge >= 0.3 is 0 Å². The molecule has 2 aromatic rings. The van der Waals surface area contributed by atoms with E-state index in [0.29, 0.717) is 11.1 Å². The van der Waals surface area contributed by atoms with E-state index < -0.39 is 0 Å². The maximum atomic E-state index is 5.94. The van der Waals surface area contributed by atoms with Crippen molar-refractivity contribution in [2.24, 2.45) is 0 Å². The van der Waals surface area contributed by atoms with Crippen LogP contribution in [0.4, 0.5) is 0 Å². The normalized spacial score (nSPS) is 19.8. The van der Waals surface area contributed by atoms with Crippen molar-refractivity contribution in [3.63, 3.8) is 0 Å². The third-order valence-corrected chi connectivity index (χ3v) is 4.97. The van der Waals surface area contributed by atoms with Crippen LogP contribution >= 0.6 is 27.5 Å². The number of rotatable bonds is 3. The summed E-state index contributed by atoms with van der Waals surface area (Å²) in [5.74, 6) is 0. The molecule has 22 heavy (non-hydrogen) atoms. The highest BCUT2D eigenvalue weighted by molar-refractivity contribution is 9.10. The zero-order chi connectivity index (χ0) is 15.4. The van der Waals surface area contributed by atoms with Crippen LogP contribution in [0.2, 0.25) is 5.02 Å². The molecule has 0 amide bonds. The number of nitrogens with zero attached hydrogens (tertiary/aromatic N) is 2. The van der Waals surface area contributed by atoms with Gasteiger partial charge in [-0.05, 0) is 49.2 Å².